The number of hydrogen-bond acceptors (Lipinski definition) is 3. The molecule has 0 aliphatic carbocycles. The second-order valence-electron chi connectivity index (χ2n) is 5.41. The number of nitrogens with zero attached hydrogens (tertiary/aromatic N) is 4. The Kier molecular flexibility index (Phi) is 5.79. The average Bonchev–Trinajstić information content (AvgIpc) is 3.00. The topological polar surface area (TPSA) is 34.0 Å². The van der Waals surface area contributed by atoms with Gasteiger partial charge in [0.05, 0.1) is 12.2 Å². The van der Waals surface area contributed by atoms with Crippen molar-refractivity contribution < 1.29 is 0 Å². The Balaban J connectivity index is 0.000000771. The van der Waals surface area contributed by atoms with Crippen molar-refractivity contribution in [2.45, 2.75) is 53.6 Å². The molecule has 2 rings (SSSR count). The predicted octanol–water partition coefficient (Wildman–Crippen LogP) is 2.84. The molecule has 0 aromatic carbocycles. The molecule has 1 aromatic heterocycles. The minimum absolute atomic E-state index is 0.491. The summed E-state index contributed by atoms with van der Waals surface area (Å²) >= 11 is 0. The van der Waals surface area contributed by atoms with Crippen LogP contribution in [0.3, 0.4) is 0 Å². The Labute approximate surface area is 111 Å². The minimum atomic E-state index is 0.491. The van der Waals surface area contributed by atoms with E-state index in [0.717, 1.165) is 6.54 Å². The van der Waals surface area contributed by atoms with Crippen molar-refractivity contribution in [3.05, 3.63) is 12.4 Å². The van der Waals surface area contributed by atoms with Gasteiger partial charge in [0.15, 0.2) is 0 Å². The number of rotatable bonds is 3. The molecule has 1 aliphatic heterocycles. The fourth-order valence-electron chi connectivity index (χ4n) is 2.59. The quantitative estimate of drug-likeness (QED) is 0.829. The van der Waals surface area contributed by atoms with E-state index in [9.17, 15) is 0 Å². The SMILES string of the molecule is CC.CC(C)C1CN(C(C)C)CC1n1ccnn1. The molecule has 0 spiro atoms. The summed E-state index contributed by atoms with van der Waals surface area (Å²) < 4.78 is 2.03. The van der Waals surface area contributed by atoms with Gasteiger partial charge >= 0.3 is 0 Å². The maximum atomic E-state index is 4.16. The van der Waals surface area contributed by atoms with Crippen LogP contribution in [0.15, 0.2) is 12.4 Å². The van der Waals surface area contributed by atoms with Crippen LogP contribution >= 0.6 is 0 Å². The molecule has 4 heteroatoms. The van der Waals surface area contributed by atoms with E-state index < -0.39 is 0 Å². The summed E-state index contributed by atoms with van der Waals surface area (Å²) in [6.07, 6.45) is 3.76. The standard InChI is InChI=1S/C12H22N4.C2H6/c1-9(2)11-7-15(10(3)4)8-12(11)16-6-5-13-14-16;1-2/h5-6,9-12H,7-8H2,1-4H3;1-2H3. The van der Waals surface area contributed by atoms with Gasteiger partial charge in [0.2, 0.25) is 0 Å². The zero-order chi connectivity index (χ0) is 13.7. The zero-order valence-corrected chi connectivity index (χ0v) is 12.7. The molecule has 2 heterocycles. The van der Waals surface area contributed by atoms with Crippen LogP contribution in [0.4, 0.5) is 0 Å². The van der Waals surface area contributed by atoms with Crippen LogP contribution in [-0.4, -0.2) is 39.0 Å². The molecule has 1 saturated heterocycles. The molecule has 0 amide bonds. The number of hydrogen-bond donors (Lipinski definition) is 0. The highest BCUT2D eigenvalue weighted by Gasteiger charge is 2.37. The van der Waals surface area contributed by atoms with Crippen molar-refractivity contribution in [1.82, 2.24) is 19.9 Å². The van der Waals surface area contributed by atoms with E-state index in [1.807, 2.05) is 24.7 Å². The molecule has 0 N–H and O–H groups in total. The Bertz CT molecular complexity index is 319. The highest BCUT2D eigenvalue weighted by molar-refractivity contribution is 4.91. The molecule has 1 aliphatic rings. The molecule has 0 radical (unpaired) electrons. The van der Waals surface area contributed by atoms with E-state index in [2.05, 4.69) is 42.9 Å². The van der Waals surface area contributed by atoms with Gasteiger partial charge in [-0.15, -0.1) is 5.10 Å². The summed E-state index contributed by atoms with van der Waals surface area (Å²) in [5.41, 5.74) is 0. The van der Waals surface area contributed by atoms with Gasteiger partial charge in [0, 0.05) is 25.3 Å². The Morgan fingerprint density at radius 2 is 1.78 bits per heavy atom. The van der Waals surface area contributed by atoms with Gasteiger partial charge in [0.1, 0.15) is 0 Å². The van der Waals surface area contributed by atoms with Crippen molar-refractivity contribution >= 4 is 0 Å². The lowest BCUT2D eigenvalue weighted by molar-refractivity contribution is 0.253. The average molecular weight is 252 g/mol. The number of likely N-dealkylation sites (tertiary alicyclic amines) is 1. The second-order valence-corrected chi connectivity index (χ2v) is 5.41. The van der Waals surface area contributed by atoms with Crippen LogP contribution in [-0.2, 0) is 0 Å². The minimum Gasteiger partial charge on any atom is -0.298 e. The number of aromatic nitrogens is 3. The highest BCUT2D eigenvalue weighted by atomic mass is 15.4. The third-order valence-electron chi connectivity index (χ3n) is 3.73. The molecule has 0 saturated carbocycles. The molecule has 1 fully saturated rings. The molecular formula is C14H28N4. The van der Waals surface area contributed by atoms with Crippen molar-refractivity contribution in [2.24, 2.45) is 11.8 Å². The van der Waals surface area contributed by atoms with Crippen LogP contribution in [0.5, 0.6) is 0 Å². The first-order chi connectivity index (χ1) is 8.59. The summed E-state index contributed by atoms with van der Waals surface area (Å²) in [6, 6.07) is 1.11. The van der Waals surface area contributed by atoms with Crippen molar-refractivity contribution in [3.8, 4) is 0 Å². The van der Waals surface area contributed by atoms with Crippen LogP contribution in [0.2, 0.25) is 0 Å². The van der Waals surface area contributed by atoms with E-state index in [4.69, 9.17) is 0 Å². The maximum absolute atomic E-state index is 4.16. The molecular weight excluding hydrogens is 224 g/mol. The summed E-state index contributed by atoms with van der Waals surface area (Å²) in [5.74, 6) is 1.38. The first-order valence-electron chi connectivity index (χ1n) is 7.19. The first kappa shape index (κ1) is 15.2. The van der Waals surface area contributed by atoms with Gasteiger partial charge in [-0.1, -0.05) is 32.9 Å². The summed E-state index contributed by atoms with van der Waals surface area (Å²) in [4.78, 5) is 2.54. The van der Waals surface area contributed by atoms with Gasteiger partial charge in [-0.3, -0.25) is 4.90 Å². The smallest absolute Gasteiger partial charge is 0.0706 e. The molecule has 2 atom stereocenters. The van der Waals surface area contributed by atoms with Gasteiger partial charge in [-0.25, -0.2) is 4.68 Å². The zero-order valence-electron chi connectivity index (χ0n) is 12.7. The molecule has 4 nitrogen and oxygen atoms in total. The van der Waals surface area contributed by atoms with E-state index in [1.165, 1.54) is 6.54 Å². The molecule has 2 unspecified atom stereocenters. The third-order valence-corrected chi connectivity index (χ3v) is 3.73. The van der Waals surface area contributed by atoms with E-state index in [1.54, 1.807) is 6.20 Å². The normalized spacial score (nSPS) is 24.4. The molecule has 104 valence electrons. The third kappa shape index (κ3) is 3.31. The lowest BCUT2D eigenvalue weighted by atomic mass is 9.91. The first-order valence-corrected chi connectivity index (χ1v) is 7.19. The van der Waals surface area contributed by atoms with E-state index in [0.29, 0.717) is 23.9 Å². The Morgan fingerprint density at radius 3 is 2.22 bits per heavy atom. The van der Waals surface area contributed by atoms with Crippen LogP contribution in [0.1, 0.15) is 47.6 Å². The van der Waals surface area contributed by atoms with Crippen LogP contribution in [0.25, 0.3) is 0 Å². The fourth-order valence-corrected chi connectivity index (χ4v) is 2.59. The molecule has 0 bridgehead atoms. The largest absolute Gasteiger partial charge is 0.298 e. The van der Waals surface area contributed by atoms with E-state index in [-0.39, 0.29) is 0 Å². The monoisotopic (exact) mass is 252 g/mol. The van der Waals surface area contributed by atoms with Crippen LogP contribution < -0.4 is 0 Å². The summed E-state index contributed by atoms with van der Waals surface area (Å²) in [7, 11) is 0. The van der Waals surface area contributed by atoms with Crippen molar-refractivity contribution in [2.75, 3.05) is 13.1 Å². The predicted molar refractivity (Wildman–Crippen MR) is 75.4 cm³/mol. The Morgan fingerprint density at radius 1 is 1.11 bits per heavy atom. The van der Waals surface area contributed by atoms with Gasteiger partial charge in [-0.2, -0.15) is 0 Å². The van der Waals surface area contributed by atoms with Crippen molar-refractivity contribution in [1.29, 1.82) is 0 Å². The summed E-state index contributed by atoms with van der Waals surface area (Å²) in [5, 5.41) is 8.09. The fraction of sp³-hybridized carbons (Fsp3) is 0.857. The van der Waals surface area contributed by atoms with E-state index >= 15 is 0 Å². The lowest BCUT2D eigenvalue weighted by Crippen LogP contribution is -2.29. The van der Waals surface area contributed by atoms with Crippen LogP contribution in [0, 0.1) is 11.8 Å². The van der Waals surface area contributed by atoms with Gasteiger partial charge in [0.25, 0.3) is 0 Å². The van der Waals surface area contributed by atoms with Crippen molar-refractivity contribution in [3.63, 3.8) is 0 Å². The van der Waals surface area contributed by atoms with Gasteiger partial charge in [-0.05, 0) is 25.7 Å². The Hall–Kier alpha value is -0.900. The maximum Gasteiger partial charge on any atom is 0.0706 e. The second kappa shape index (κ2) is 6.88. The lowest BCUT2D eigenvalue weighted by Gasteiger charge is -2.21. The molecule has 1 aromatic rings. The summed E-state index contributed by atoms with van der Waals surface area (Å²) in [6.45, 7) is 15.4. The van der Waals surface area contributed by atoms with Gasteiger partial charge < -0.3 is 0 Å². The molecule has 18 heavy (non-hydrogen) atoms. The highest BCUT2D eigenvalue weighted by Crippen LogP contribution is 2.33.